The predicted octanol–water partition coefficient (Wildman–Crippen LogP) is -0.163. The standard InChI is InChI=1S/C8H16N2O3/c1-5-2-3-6(9)7(11)4-10(5)8(12)13/h5-7,11H,2-4,9H2,1H3,(H,12,13)/t5-,6-,7-/m1/s1. The van der Waals surface area contributed by atoms with E-state index in [2.05, 4.69) is 0 Å². The number of aliphatic hydroxyl groups excluding tert-OH is 1. The molecule has 0 aromatic rings. The summed E-state index contributed by atoms with van der Waals surface area (Å²) in [6.45, 7) is 1.95. The summed E-state index contributed by atoms with van der Waals surface area (Å²) in [6.07, 6.45) is -0.335. The molecule has 5 nitrogen and oxygen atoms in total. The third kappa shape index (κ3) is 2.32. The Morgan fingerprint density at radius 2 is 2.15 bits per heavy atom. The van der Waals surface area contributed by atoms with Crippen LogP contribution in [0, 0.1) is 0 Å². The number of carboxylic acid groups (broad SMARTS) is 1. The van der Waals surface area contributed by atoms with E-state index in [0.717, 1.165) is 0 Å². The molecule has 1 fully saturated rings. The molecular formula is C8H16N2O3. The first-order valence-corrected chi connectivity index (χ1v) is 4.45. The largest absolute Gasteiger partial charge is 0.465 e. The fourth-order valence-electron chi connectivity index (χ4n) is 1.57. The van der Waals surface area contributed by atoms with Crippen molar-refractivity contribution in [3.8, 4) is 0 Å². The fraction of sp³-hybridized carbons (Fsp3) is 0.875. The van der Waals surface area contributed by atoms with Crippen molar-refractivity contribution in [2.45, 2.75) is 38.0 Å². The Morgan fingerprint density at radius 1 is 1.54 bits per heavy atom. The topological polar surface area (TPSA) is 86.8 Å². The molecule has 0 unspecified atom stereocenters. The Bertz CT molecular complexity index is 198. The van der Waals surface area contributed by atoms with Gasteiger partial charge in [-0.1, -0.05) is 0 Å². The molecule has 0 bridgehead atoms. The first-order valence-electron chi connectivity index (χ1n) is 4.45. The van der Waals surface area contributed by atoms with Gasteiger partial charge in [-0.3, -0.25) is 0 Å². The van der Waals surface area contributed by atoms with Crippen molar-refractivity contribution in [3.05, 3.63) is 0 Å². The van der Waals surface area contributed by atoms with E-state index in [0.29, 0.717) is 12.8 Å². The lowest BCUT2D eigenvalue weighted by Gasteiger charge is -2.25. The Kier molecular flexibility index (Phi) is 3.11. The summed E-state index contributed by atoms with van der Waals surface area (Å²) in [5.74, 6) is 0. The number of rotatable bonds is 0. The molecular weight excluding hydrogens is 172 g/mol. The van der Waals surface area contributed by atoms with Crippen molar-refractivity contribution < 1.29 is 15.0 Å². The molecule has 0 spiro atoms. The van der Waals surface area contributed by atoms with E-state index in [1.807, 2.05) is 6.92 Å². The first kappa shape index (κ1) is 10.3. The van der Waals surface area contributed by atoms with Gasteiger partial charge in [0.1, 0.15) is 0 Å². The summed E-state index contributed by atoms with van der Waals surface area (Å²) in [5, 5.41) is 18.3. The van der Waals surface area contributed by atoms with Crippen LogP contribution >= 0.6 is 0 Å². The minimum absolute atomic E-state index is 0.0549. The lowest BCUT2D eigenvalue weighted by molar-refractivity contribution is 0.0833. The van der Waals surface area contributed by atoms with Gasteiger partial charge in [-0.2, -0.15) is 0 Å². The Balaban J connectivity index is 2.68. The monoisotopic (exact) mass is 188 g/mol. The normalized spacial score (nSPS) is 35.6. The Labute approximate surface area is 77.1 Å². The van der Waals surface area contributed by atoms with E-state index < -0.39 is 12.2 Å². The van der Waals surface area contributed by atoms with Gasteiger partial charge in [-0.05, 0) is 19.8 Å². The summed E-state index contributed by atoms with van der Waals surface area (Å²) in [7, 11) is 0. The molecule has 1 aliphatic heterocycles. The molecule has 1 rings (SSSR count). The smallest absolute Gasteiger partial charge is 0.407 e. The predicted molar refractivity (Wildman–Crippen MR) is 47.4 cm³/mol. The number of nitrogens with zero attached hydrogens (tertiary/aromatic N) is 1. The maximum atomic E-state index is 10.7. The first-order chi connectivity index (χ1) is 6.02. The average Bonchev–Trinajstić information content (AvgIpc) is 2.18. The number of β-amino-alcohol motifs (C(OH)–C–C–N with tert-alkyl or cyclic N) is 1. The number of hydrogen-bond donors (Lipinski definition) is 3. The van der Waals surface area contributed by atoms with Crippen LogP contribution in [0.15, 0.2) is 0 Å². The van der Waals surface area contributed by atoms with Crippen molar-refractivity contribution in [1.29, 1.82) is 0 Å². The molecule has 0 saturated carbocycles. The molecule has 0 aromatic heterocycles. The highest BCUT2D eigenvalue weighted by Crippen LogP contribution is 2.16. The molecule has 1 amide bonds. The third-order valence-electron chi connectivity index (χ3n) is 2.57. The molecule has 1 aliphatic rings. The van der Waals surface area contributed by atoms with E-state index in [1.54, 1.807) is 0 Å². The van der Waals surface area contributed by atoms with Crippen LogP contribution < -0.4 is 5.73 Å². The summed E-state index contributed by atoms with van der Waals surface area (Å²) >= 11 is 0. The lowest BCUT2D eigenvalue weighted by atomic mass is 10.1. The van der Waals surface area contributed by atoms with E-state index in [1.165, 1.54) is 4.90 Å². The maximum Gasteiger partial charge on any atom is 0.407 e. The van der Waals surface area contributed by atoms with Gasteiger partial charge in [0.2, 0.25) is 0 Å². The van der Waals surface area contributed by atoms with Gasteiger partial charge < -0.3 is 20.8 Å². The van der Waals surface area contributed by atoms with Crippen LogP contribution in [0.5, 0.6) is 0 Å². The summed E-state index contributed by atoms with van der Waals surface area (Å²) in [4.78, 5) is 12.0. The second kappa shape index (κ2) is 3.93. The number of aliphatic hydroxyl groups is 1. The molecule has 3 atom stereocenters. The van der Waals surface area contributed by atoms with Gasteiger partial charge in [-0.25, -0.2) is 4.79 Å². The highest BCUT2D eigenvalue weighted by Gasteiger charge is 2.29. The molecule has 76 valence electrons. The Morgan fingerprint density at radius 3 is 2.69 bits per heavy atom. The molecule has 13 heavy (non-hydrogen) atoms. The molecule has 1 heterocycles. The zero-order valence-electron chi connectivity index (χ0n) is 7.68. The quantitative estimate of drug-likeness (QED) is 0.493. The zero-order chi connectivity index (χ0) is 10.0. The Hall–Kier alpha value is -0.810. The van der Waals surface area contributed by atoms with Crippen LogP contribution in [0.2, 0.25) is 0 Å². The molecule has 5 heteroatoms. The van der Waals surface area contributed by atoms with E-state index in [9.17, 15) is 9.90 Å². The van der Waals surface area contributed by atoms with Crippen LogP contribution in [0.1, 0.15) is 19.8 Å². The number of hydrogen-bond acceptors (Lipinski definition) is 3. The zero-order valence-corrected chi connectivity index (χ0v) is 7.68. The number of carbonyl (C=O) groups is 1. The minimum atomic E-state index is -0.986. The third-order valence-corrected chi connectivity index (χ3v) is 2.57. The molecule has 0 radical (unpaired) electrons. The average molecular weight is 188 g/mol. The van der Waals surface area contributed by atoms with Crippen LogP contribution in [-0.2, 0) is 0 Å². The summed E-state index contributed by atoms with van der Waals surface area (Å²) in [5.41, 5.74) is 5.63. The fourth-order valence-corrected chi connectivity index (χ4v) is 1.57. The molecule has 4 N–H and O–H groups in total. The van der Waals surface area contributed by atoms with Gasteiger partial charge in [0.15, 0.2) is 0 Å². The van der Waals surface area contributed by atoms with E-state index >= 15 is 0 Å². The number of amides is 1. The van der Waals surface area contributed by atoms with Crippen molar-refractivity contribution in [2.75, 3.05) is 6.54 Å². The molecule has 0 aromatic carbocycles. The number of likely N-dealkylation sites (tertiary alicyclic amines) is 1. The van der Waals surface area contributed by atoms with E-state index in [4.69, 9.17) is 10.8 Å². The highest BCUT2D eigenvalue weighted by molar-refractivity contribution is 5.65. The van der Waals surface area contributed by atoms with Crippen molar-refractivity contribution in [1.82, 2.24) is 4.90 Å². The molecule has 0 aliphatic carbocycles. The van der Waals surface area contributed by atoms with Crippen LogP contribution in [-0.4, -0.2) is 45.9 Å². The maximum absolute atomic E-state index is 10.7. The second-order valence-corrected chi connectivity index (χ2v) is 3.59. The number of nitrogens with two attached hydrogens (primary N) is 1. The lowest BCUT2D eigenvalue weighted by Crippen LogP contribution is -2.44. The van der Waals surface area contributed by atoms with Crippen LogP contribution in [0.3, 0.4) is 0 Å². The minimum Gasteiger partial charge on any atom is -0.465 e. The van der Waals surface area contributed by atoms with Gasteiger partial charge in [-0.15, -0.1) is 0 Å². The van der Waals surface area contributed by atoms with Gasteiger partial charge >= 0.3 is 6.09 Å². The molecule has 1 saturated heterocycles. The second-order valence-electron chi connectivity index (χ2n) is 3.59. The van der Waals surface area contributed by atoms with Gasteiger partial charge in [0, 0.05) is 12.1 Å². The van der Waals surface area contributed by atoms with Gasteiger partial charge in [0.25, 0.3) is 0 Å². The van der Waals surface area contributed by atoms with E-state index in [-0.39, 0.29) is 18.6 Å². The van der Waals surface area contributed by atoms with Crippen LogP contribution in [0.4, 0.5) is 4.79 Å². The van der Waals surface area contributed by atoms with Crippen molar-refractivity contribution in [2.24, 2.45) is 5.73 Å². The van der Waals surface area contributed by atoms with Crippen LogP contribution in [0.25, 0.3) is 0 Å². The summed E-state index contributed by atoms with van der Waals surface area (Å²) in [6, 6.07) is -0.354. The van der Waals surface area contributed by atoms with Gasteiger partial charge in [0.05, 0.1) is 12.6 Å². The SMILES string of the molecule is C[C@@H]1CC[C@@H](N)[C@H](O)CN1C(=O)O. The van der Waals surface area contributed by atoms with Crippen molar-refractivity contribution in [3.63, 3.8) is 0 Å². The van der Waals surface area contributed by atoms with Crippen molar-refractivity contribution >= 4 is 6.09 Å². The summed E-state index contributed by atoms with van der Waals surface area (Å²) < 4.78 is 0. The highest BCUT2D eigenvalue weighted by atomic mass is 16.4.